The van der Waals surface area contributed by atoms with E-state index < -0.39 is 59.9 Å². The van der Waals surface area contributed by atoms with Gasteiger partial charge in [0.15, 0.2) is 6.29 Å². The van der Waals surface area contributed by atoms with Crippen LogP contribution in [0.2, 0.25) is 0 Å². The van der Waals surface area contributed by atoms with Crippen LogP contribution in [-0.4, -0.2) is 95.4 Å². The quantitative estimate of drug-likeness (QED) is 0.0195. The summed E-state index contributed by atoms with van der Waals surface area (Å²) in [5, 5.41) is 44.7. The highest BCUT2D eigenvalue weighted by Crippen LogP contribution is 2.26. The zero-order chi connectivity index (χ0) is 43.4. The van der Waals surface area contributed by atoms with E-state index in [0.717, 1.165) is 38.5 Å². The first-order chi connectivity index (χ1) is 28.5. The number of nitrogens with one attached hydrogen (secondary N) is 1. The van der Waals surface area contributed by atoms with Crippen LogP contribution in [0.25, 0.3) is 0 Å². The molecule has 12 nitrogen and oxygen atoms in total. The van der Waals surface area contributed by atoms with Crippen molar-refractivity contribution < 1.29 is 51.8 Å². The van der Waals surface area contributed by atoms with Gasteiger partial charge in [-0.25, -0.2) is 4.18 Å². The minimum absolute atomic E-state index is 0.260. The van der Waals surface area contributed by atoms with Crippen LogP contribution in [0.5, 0.6) is 0 Å². The highest BCUT2D eigenvalue weighted by molar-refractivity contribution is 7.80. The lowest BCUT2D eigenvalue weighted by atomic mass is 9.99. The van der Waals surface area contributed by atoms with Gasteiger partial charge < -0.3 is 35.2 Å². The average Bonchev–Trinajstić information content (AvgIpc) is 3.20. The van der Waals surface area contributed by atoms with E-state index in [0.29, 0.717) is 6.42 Å². The number of hydrogen-bond acceptors (Lipinski definition) is 10. The summed E-state index contributed by atoms with van der Waals surface area (Å²) in [6, 6.07) is -0.937. The molecule has 0 bridgehead atoms. The summed E-state index contributed by atoms with van der Waals surface area (Å²) in [5.41, 5.74) is 0. The molecule has 1 fully saturated rings. The molecule has 6 N–H and O–H groups in total. The van der Waals surface area contributed by atoms with E-state index in [9.17, 15) is 38.2 Å². The Morgan fingerprint density at radius 1 is 0.661 bits per heavy atom. The Balaban J connectivity index is 2.47. The van der Waals surface area contributed by atoms with Crippen LogP contribution >= 0.6 is 0 Å². The first-order valence-corrected chi connectivity index (χ1v) is 25.4. The molecule has 1 heterocycles. The second kappa shape index (κ2) is 37.4. The first kappa shape index (κ1) is 55.9. The SMILES string of the molecule is CCCCCCCCCCCCC/C=C/[C@@H](O)[C@H](CO[C@@H]1O[C@H](CO)[C@H](O)[C@H](OS(=O)(=O)O)[C@H]1O)NC(=O)CCCCCCCCCCCCCCCCCCCCC. The molecule has 1 aliphatic heterocycles. The minimum Gasteiger partial charge on any atom is -0.394 e. The molecule has 350 valence electrons. The van der Waals surface area contributed by atoms with E-state index >= 15 is 0 Å². The Morgan fingerprint density at radius 3 is 1.47 bits per heavy atom. The third-order valence-electron chi connectivity index (χ3n) is 11.6. The summed E-state index contributed by atoms with van der Waals surface area (Å²) >= 11 is 0. The molecule has 59 heavy (non-hydrogen) atoms. The Labute approximate surface area is 360 Å². The van der Waals surface area contributed by atoms with Crippen molar-refractivity contribution in [1.82, 2.24) is 5.32 Å². The number of carbonyl (C=O) groups excluding carboxylic acids is 1. The van der Waals surface area contributed by atoms with Crippen molar-refractivity contribution in [3.8, 4) is 0 Å². The minimum atomic E-state index is -5.08. The number of ether oxygens (including phenoxy) is 2. The number of hydrogen-bond donors (Lipinski definition) is 6. The van der Waals surface area contributed by atoms with E-state index in [1.54, 1.807) is 6.08 Å². The third-order valence-corrected chi connectivity index (χ3v) is 12.0. The Bertz CT molecular complexity index is 1110. The molecule has 1 saturated heterocycles. The van der Waals surface area contributed by atoms with Crippen LogP contribution in [0.4, 0.5) is 0 Å². The topological polar surface area (TPSA) is 192 Å². The van der Waals surface area contributed by atoms with Gasteiger partial charge in [0.1, 0.15) is 24.4 Å². The van der Waals surface area contributed by atoms with Crippen LogP contribution in [0.1, 0.15) is 219 Å². The second-order valence-electron chi connectivity index (χ2n) is 17.1. The van der Waals surface area contributed by atoms with Crippen molar-refractivity contribution in [2.24, 2.45) is 0 Å². The summed E-state index contributed by atoms with van der Waals surface area (Å²) in [6.07, 6.45) is 32.5. The van der Waals surface area contributed by atoms with Gasteiger partial charge in [0.05, 0.1) is 25.4 Å². The van der Waals surface area contributed by atoms with Crippen LogP contribution in [0, 0.1) is 0 Å². The van der Waals surface area contributed by atoms with Crippen molar-refractivity contribution in [2.45, 2.75) is 262 Å². The van der Waals surface area contributed by atoms with E-state index in [-0.39, 0.29) is 18.9 Å². The Morgan fingerprint density at radius 2 is 1.07 bits per heavy atom. The van der Waals surface area contributed by atoms with Gasteiger partial charge in [-0.2, -0.15) is 8.42 Å². The van der Waals surface area contributed by atoms with Crippen molar-refractivity contribution in [1.29, 1.82) is 0 Å². The third kappa shape index (κ3) is 30.5. The molecule has 0 aliphatic carbocycles. The number of aliphatic hydroxyl groups excluding tert-OH is 4. The summed E-state index contributed by atoms with van der Waals surface area (Å²) < 4.78 is 47.6. The second-order valence-corrected chi connectivity index (χ2v) is 18.1. The summed E-state index contributed by atoms with van der Waals surface area (Å²) in [7, 11) is -5.08. The summed E-state index contributed by atoms with van der Waals surface area (Å²) in [4.78, 5) is 13.0. The molecule has 0 saturated carbocycles. The number of amides is 1. The van der Waals surface area contributed by atoms with E-state index in [2.05, 4.69) is 23.3 Å². The highest BCUT2D eigenvalue weighted by atomic mass is 32.3. The van der Waals surface area contributed by atoms with Gasteiger partial charge in [0.25, 0.3) is 0 Å². The largest absolute Gasteiger partial charge is 0.397 e. The first-order valence-electron chi connectivity index (χ1n) is 24.1. The van der Waals surface area contributed by atoms with Gasteiger partial charge in [0.2, 0.25) is 5.91 Å². The highest BCUT2D eigenvalue weighted by Gasteiger charge is 2.48. The molecule has 7 atom stereocenters. The number of allylic oxidation sites excluding steroid dienone is 1. The maximum Gasteiger partial charge on any atom is 0.397 e. The molecule has 0 spiro atoms. The lowest BCUT2D eigenvalue weighted by Crippen LogP contribution is -2.61. The molecular weight excluding hydrogens is 775 g/mol. The maximum atomic E-state index is 13.0. The Kier molecular flexibility index (Phi) is 35.4. The smallest absolute Gasteiger partial charge is 0.394 e. The number of carbonyl (C=O) groups is 1. The van der Waals surface area contributed by atoms with Gasteiger partial charge in [-0.3, -0.25) is 9.35 Å². The number of rotatable bonds is 41. The zero-order valence-corrected chi connectivity index (χ0v) is 38.1. The molecule has 0 aromatic rings. The van der Waals surface area contributed by atoms with Gasteiger partial charge in [-0.05, 0) is 19.3 Å². The van der Waals surface area contributed by atoms with Crippen molar-refractivity contribution >= 4 is 16.3 Å². The maximum absolute atomic E-state index is 13.0. The summed E-state index contributed by atoms with van der Waals surface area (Å²) in [5.74, 6) is -0.260. The Hall–Kier alpha value is -1.16. The molecule has 13 heteroatoms. The standard InChI is InChI=1S/C46H89NO11S/c1-3-5-7-9-11-13-15-17-18-19-20-21-22-24-26-28-30-32-34-36-42(50)47-39(40(49)35-33-31-29-27-25-23-16-14-12-10-8-6-4-2)38-56-46-44(52)45(58-59(53,54)55)43(51)41(37-48)57-46/h33,35,39-41,43-46,48-49,51-52H,3-32,34,36-38H2,1-2H3,(H,47,50)(H,53,54,55)/b35-33+/t39-,40+,41+,43-,44+,45-,46+/m0/s1. The van der Waals surface area contributed by atoms with E-state index in [1.807, 2.05) is 6.08 Å². The zero-order valence-electron chi connectivity index (χ0n) is 37.3. The molecule has 1 amide bonds. The van der Waals surface area contributed by atoms with Crippen LogP contribution < -0.4 is 5.32 Å². The molecule has 0 unspecified atom stereocenters. The summed E-state index contributed by atoms with van der Waals surface area (Å²) in [6.45, 7) is 3.39. The normalized spacial score (nSPS) is 21.0. The molecule has 1 aliphatic rings. The van der Waals surface area contributed by atoms with E-state index in [4.69, 9.17) is 9.47 Å². The molecular formula is C46H89NO11S. The van der Waals surface area contributed by atoms with Gasteiger partial charge in [0, 0.05) is 6.42 Å². The number of aliphatic hydroxyl groups is 4. The molecule has 1 rings (SSSR count). The lowest BCUT2D eigenvalue weighted by Gasteiger charge is -2.41. The van der Waals surface area contributed by atoms with E-state index in [1.165, 1.54) is 154 Å². The molecule has 0 aromatic heterocycles. The van der Waals surface area contributed by atoms with Crippen LogP contribution in [-0.2, 0) is 28.9 Å². The van der Waals surface area contributed by atoms with Gasteiger partial charge >= 0.3 is 10.4 Å². The van der Waals surface area contributed by atoms with Crippen molar-refractivity contribution in [2.75, 3.05) is 13.2 Å². The molecule has 0 aromatic carbocycles. The molecule has 0 radical (unpaired) electrons. The van der Waals surface area contributed by atoms with Crippen LogP contribution in [0.15, 0.2) is 12.2 Å². The fraction of sp³-hybridized carbons (Fsp3) is 0.935. The fourth-order valence-corrected chi connectivity index (χ4v) is 8.32. The van der Waals surface area contributed by atoms with Crippen LogP contribution in [0.3, 0.4) is 0 Å². The van der Waals surface area contributed by atoms with Crippen molar-refractivity contribution in [3.63, 3.8) is 0 Å². The van der Waals surface area contributed by atoms with Gasteiger partial charge in [-0.1, -0.05) is 206 Å². The van der Waals surface area contributed by atoms with Gasteiger partial charge in [-0.15, -0.1) is 0 Å². The predicted octanol–water partition coefficient (Wildman–Crippen LogP) is 9.55. The average molecular weight is 864 g/mol. The lowest BCUT2D eigenvalue weighted by molar-refractivity contribution is -0.298. The fourth-order valence-electron chi connectivity index (χ4n) is 7.81. The monoisotopic (exact) mass is 864 g/mol. The van der Waals surface area contributed by atoms with Crippen molar-refractivity contribution in [3.05, 3.63) is 12.2 Å². The predicted molar refractivity (Wildman–Crippen MR) is 236 cm³/mol. The number of unbranched alkanes of at least 4 members (excludes halogenated alkanes) is 29.